The summed E-state index contributed by atoms with van der Waals surface area (Å²) in [5, 5.41) is 3.30. The molecular weight excluding hydrogens is 276 g/mol. The van der Waals surface area contributed by atoms with E-state index >= 15 is 0 Å². The summed E-state index contributed by atoms with van der Waals surface area (Å²) in [6, 6.07) is 6.57. The Morgan fingerprint density at radius 1 is 1.20 bits per heavy atom. The zero-order valence-corrected chi connectivity index (χ0v) is 13.5. The number of sulfonamides is 1. The van der Waals surface area contributed by atoms with E-state index in [9.17, 15) is 8.42 Å². The minimum absolute atomic E-state index is 0.126. The zero-order chi connectivity index (χ0) is 15.4. The van der Waals surface area contributed by atoms with E-state index in [0.29, 0.717) is 6.61 Å². The molecule has 0 radical (unpaired) electrons. The molecule has 1 aromatic carbocycles. The molecule has 0 fully saturated rings. The van der Waals surface area contributed by atoms with Crippen LogP contribution in [0.25, 0.3) is 0 Å². The second kappa shape index (κ2) is 6.56. The summed E-state index contributed by atoms with van der Waals surface area (Å²) in [6.07, 6.45) is 0. The molecule has 0 aliphatic rings. The van der Waals surface area contributed by atoms with Gasteiger partial charge in [0, 0.05) is 18.8 Å². The van der Waals surface area contributed by atoms with Gasteiger partial charge in [0.1, 0.15) is 0 Å². The summed E-state index contributed by atoms with van der Waals surface area (Å²) in [4.78, 5) is 0.265. The van der Waals surface area contributed by atoms with Gasteiger partial charge in [-0.15, -0.1) is 0 Å². The van der Waals surface area contributed by atoms with Crippen molar-refractivity contribution >= 4 is 15.7 Å². The van der Waals surface area contributed by atoms with E-state index in [4.69, 9.17) is 4.74 Å². The number of hydrogen-bond donors (Lipinski definition) is 2. The van der Waals surface area contributed by atoms with Crippen LogP contribution in [-0.4, -0.2) is 33.7 Å². The Labute approximate surface area is 121 Å². The van der Waals surface area contributed by atoms with Crippen LogP contribution < -0.4 is 10.0 Å². The van der Waals surface area contributed by atoms with Crippen molar-refractivity contribution in [1.82, 2.24) is 4.72 Å². The third-order valence-corrected chi connectivity index (χ3v) is 4.22. The minimum atomic E-state index is -3.43. The fraction of sp³-hybridized carbons (Fsp3) is 0.571. The van der Waals surface area contributed by atoms with Gasteiger partial charge in [0.05, 0.1) is 17.0 Å². The average molecular weight is 300 g/mol. The number of nitrogens with one attached hydrogen (secondary N) is 2. The van der Waals surface area contributed by atoms with E-state index in [-0.39, 0.29) is 16.5 Å². The van der Waals surface area contributed by atoms with Crippen LogP contribution in [0.15, 0.2) is 29.2 Å². The van der Waals surface area contributed by atoms with Gasteiger partial charge >= 0.3 is 0 Å². The van der Waals surface area contributed by atoms with Crippen molar-refractivity contribution < 1.29 is 13.2 Å². The molecule has 0 aromatic heterocycles. The molecule has 0 saturated heterocycles. The fourth-order valence-electron chi connectivity index (χ4n) is 1.88. The molecule has 0 atom stereocenters. The molecule has 0 aliphatic carbocycles. The van der Waals surface area contributed by atoms with Crippen LogP contribution >= 0.6 is 0 Å². The Hall–Kier alpha value is -1.11. The molecule has 0 saturated carbocycles. The predicted molar refractivity (Wildman–Crippen MR) is 81.5 cm³/mol. The van der Waals surface area contributed by atoms with Crippen molar-refractivity contribution in [3.8, 4) is 0 Å². The second-order valence-corrected chi connectivity index (χ2v) is 7.46. The molecular formula is C14H24N2O3S. The van der Waals surface area contributed by atoms with Crippen LogP contribution in [0.4, 0.5) is 5.69 Å². The SMILES string of the molecule is COCC(C)(C)Nc1ccc(S(=O)(=O)NC(C)C)cc1. The lowest BCUT2D eigenvalue weighted by molar-refractivity contribution is 0.158. The molecule has 1 rings (SSSR count). The summed E-state index contributed by atoms with van der Waals surface area (Å²) in [5.74, 6) is 0. The molecule has 0 heterocycles. The quantitative estimate of drug-likeness (QED) is 0.810. The first kappa shape index (κ1) is 16.9. The smallest absolute Gasteiger partial charge is 0.240 e. The van der Waals surface area contributed by atoms with Gasteiger partial charge in [0.2, 0.25) is 10.0 Å². The van der Waals surface area contributed by atoms with Crippen molar-refractivity contribution in [3.63, 3.8) is 0 Å². The first-order chi connectivity index (χ1) is 9.16. The monoisotopic (exact) mass is 300 g/mol. The van der Waals surface area contributed by atoms with Crippen molar-refractivity contribution in [2.45, 2.75) is 44.2 Å². The second-order valence-electron chi connectivity index (χ2n) is 5.74. The maximum atomic E-state index is 12.0. The number of benzene rings is 1. The highest BCUT2D eigenvalue weighted by Crippen LogP contribution is 2.18. The van der Waals surface area contributed by atoms with Gasteiger partial charge in [-0.1, -0.05) is 0 Å². The lowest BCUT2D eigenvalue weighted by Crippen LogP contribution is -2.35. The predicted octanol–water partition coefficient (Wildman–Crippen LogP) is 2.21. The summed E-state index contributed by atoms with van der Waals surface area (Å²) >= 11 is 0. The molecule has 1 aromatic rings. The summed E-state index contributed by atoms with van der Waals surface area (Å²) < 4.78 is 31.7. The summed E-state index contributed by atoms with van der Waals surface area (Å²) in [6.45, 7) is 8.17. The van der Waals surface area contributed by atoms with Crippen LogP contribution in [0.2, 0.25) is 0 Å². The average Bonchev–Trinajstić information content (AvgIpc) is 2.27. The molecule has 114 valence electrons. The molecule has 20 heavy (non-hydrogen) atoms. The van der Waals surface area contributed by atoms with Gasteiger partial charge in [-0.3, -0.25) is 0 Å². The van der Waals surface area contributed by atoms with Crippen LogP contribution in [-0.2, 0) is 14.8 Å². The van der Waals surface area contributed by atoms with Crippen LogP contribution in [0.1, 0.15) is 27.7 Å². The molecule has 6 heteroatoms. The van der Waals surface area contributed by atoms with E-state index in [2.05, 4.69) is 10.0 Å². The van der Waals surface area contributed by atoms with Crippen molar-refractivity contribution in [1.29, 1.82) is 0 Å². The van der Waals surface area contributed by atoms with Gasteiger partial charge in [0.15, 0.2) is 0 Å². The molecule has 0 aliphatic heterocycles. The lowest BCUT2D eigenvalue weighted by Gasteiger charge is -2.26. The van der Waals surface area contributed by atoms with Crippen LogP contribution in [0, 0.1) is 0 Å². The Kier molecular flexibility index (Phi) is 5.56. The number of rotatable bonds is 7. The van der Waals surface area contributed by atoms with Crippen LogP contribution in [0.5, 0.6) is 0 Å². The number of anilines is 1. The van der Waals surface area contributed by atoms with E-state index in [1.54, 1.807) is 45.2 Å². The third kappa shape index (κ3) is 5.11. The topological polar surface area (TPSA) is 67.4 Å². The molecule has 5 nitrogen and oxygen atoms in total. The molecule has 0 unspecified atom stereocenters. The Morgan fingerprint density at radius 3 is 2.20 bits per heavy atom. The normalized spacial score (nSPS) is 12.7. The molecule has 0 bridgehead atoms. The van der Waals surface area contributed by atoms with Gasteiger partial charge < -0.3 is 10.1 Å². The van der Waals surface area contributed by atoms with Gasteiger partial charge in [-0.05, 0) is 52.0 Å². The van der Waals surface area contributed by atoms with E-state index in [1.165, 1.54) is 0 Å². The number of ether oxygens (including phenoxy) is 1. The van der Waals surface area contributed by atoms with Gasteiger partial charge in [-0.2, -0.15) is 0 Å². The molecule has 2 N–H and O–H groups in total. The first-order valence-electron chi connectivity index (χ1n) is 6.56. The van der Waals surface area contributed by atoms with Crippen molar-refractivity contribution in [2.75, 3.05) is 19.0 Å². The number of methoxy groups -OCH3 is 1. The van der Waals surface area contributed by atoms with Crippen molar-refractivity contribution in [3.05, 3.63) is 24.3 Å². The van der Waals surface area contributed by atoms with E-state index < -0.39 is 10.0 Å². The molecule has 0 spiro atoms. The Bertz CT molecular complexity index is 522. The highest BCUT2D eigenvalue weighted by atomic mass is 32.2. The van der Waals surface area contributed by atoms with Gasteiger partial charge in [0.25, 0.3) is 0 Å². The lowest BCUT2D eigenvalue weighted by atomic mass is 10.1. The first-order valence-corrected chi connectivity index (χ1v) is 8.04. The van der Waals surface area contributed by atoms with E-state index in [0.717, 1.165) is 5.69 Å². The fourth-order valence-corrected chi connectivity index (χ4v) is 3.13. The zero-order valence-electron chi connectivity index (χ0n) is 12.7. The maximum absolute atomic E-state index is 12.0. The highest BCUT2D eigenvalue weighted by Gasteiger charge is 2.18. The third-order valence-electron chi connectivity index (χ3n) is 2.54. The minimum Gasteiger partial charge on any atom is -0.382 e. The summed E-state index contributed by atoms with van der Waals surface area (Å²) in [5.41, 5.74) is 0.640. The maximum Gasteiger partial charge on any atom is 0.240 e. The van der Waals surface area contributed by atoms with E-state index in [1.807, 2.05) is 13.8 Å². The standard InChI is InChI=1S/C14H24N2O3S/c1-11(2)16-20(17,18)13-8-6-12(7-9-13)15-14(3,4)10-19-5/h6-9,11,15-16H,10H2,1-5H3. The van der Waals surface area contributed by atoms with Crippen LogP contribution in [0.3, 0.4) is 0 Å². The Morgan fingerprint density at radius 2 is 1.75 bits per heavy atom. The van der Waals surface area contributed by atoms with Gasteiger partial charge in [-0.25, -0.2) is 13.1 Å². The number of hydrogen-bond acceptors (Lipinski definition) is 4. The van der Waals surface area contributed by atoms with Crippen molar-refractivity contribution in [2.24, 2.45) is 0 Å². The largest absolute Gasteiger partial charge is 0.382 e. The molecule has 0 amide bonds. The summed E-state index contributed by atoms with van der Waals surface area (Å²) in [7, 11) is -1.78. The Balaban J connectivity index is 2.84. The highest BCUT2D eigenvalue weighted by molar-refractivity contribution is 7.89.